The molecule has 0 atom stereocenters. The molecule has 1 aromatic rings. The second-order valence-electron chi connectivity index (χ2n) is 6.25. The maximum atomic E-state index is 13.7. The molecule has 0 aromatic heterocycles. The topological polar surface area (TPSA) is 15.3 Å². The van der Waals surface area contributed by atoms with Crippen LogP contribution in [0.15, 0.2) is 24.3 Å². The van der Waals surface area contributed by atoms with E-state index < -0.39 is 0 Å². The van der Waals surface area contributed by atoms with E-state index >= 15 is 0 Å². The third-order valence-electron chi connectivity index (χ3n) is 4.42. The fourth-order valence-electron chi connectivity index (χ4n) is 3.45. The molecule has 3 heteroatoms. The van der Waals surface area contributed by atoms with Crippen molar-refractivity contribution in [1.29, 1.82) is 0 Å². The van der Waals surface area contributed by atoms with Crippen LogP contribution in [0.3, 0.4) is 0 Å². The van der Waals surface area contributed by atoms with E-state index in [1.54, 1.807) is 12.1 Å². The summed E-state index contributed by atoms with van der Waals surface area (Å²) in [5, 5.41) is 3.51. The van der Waals surface area contributed by atoms with Gasteiger partial charge >= 0.3 is 0 Å². The van der Waals surface area contributed by atoms with Crippen LogP contribution in [0.5, 0.6) is 0 Å². The molecule has 0 radical (unpaired) electrons. The van der Waals surface area contributed by atoms with E-state index in [-0.39, 0.29) is 5.82 Å². The third kappa shape index (κ3) is 4.03. The molecule has 0 saturated heterocycles. The van der Waals surface area contributed by atoms with E-state index in [0.717, 1.165) is 25.2 Å². The normalized spacial score (nSPS) is 17.8. The Morgan fingerprint density at radius 3 is 2.60 bits per heavy atom. The predicted octanol–water partition coefficient (Wildman–Crippen LogP) is 3.43. The van der Waals surface area contributed by atoms with E-state index in [9.17, 15) is 4.39 Å². The molecule has 2 nitrogen and oxygen atoms in total. The minimum Gasteiger partial charge on any atom is -0.316 e. The highest BCUT2D eigenvalue weighted by Crippen LogP contribution is 2.38. The molecule has 1 fully saturated rings. The number of rotatable bonds is 7. The van der Waals surface area contributed by atoms with Crippen LogP contribution in [0.25, 0.3) is 0 Å². The lowest BCUT2D eigenvalue weighted by molar-refractivity contribution is 0.167. The monoisotopic (exact) mass is 278 g/mol. The molecule has 1 N–H and O–H groups in total. The molecule has 0 bridgehead atoms. The number of hydrogen-bond donors (Lipinski definition) is 1. The van der Waals surface area contributed by atoms with Gasteiger partial charge in [-0.2, -0.15) is 0 Å². The van der Waals surface area contributed by atoms with Crippen molar-refractivity contribution in [1.82, 2.24) is 10.2 Å². The standard InChI is InChI=1S/C17H27FN2/c1-3-19-13-17(10-6-7-11-17)14-20(2)12-15-8-4-5-9-16(15)18/h4-5,8-9,19H,3,6-7,10-14H2,1-2H3. The molecular formula is C17H27FN2. The number of hydrogen-bond acceptors (Lipinski definition) is 2. The molecule has 2 rings (SSSR count). The van der Waals surface area contributed by atoms with Crippen LogP contribution in [0.1, 0.15) is 38.2 Å². The molecule has 1 aliphatic carbocycles. The van der Waals surface area contributed by atoms with Crippen LogP contribution in [-0.4, -0.2) is 31.6 Å². The quantitative estimate of drug-likeness (QED) is 0.822. The van der Waals surface area contributed by atoms with Crippen molar-refractivity contribution in [2.75, 3.05) is 26.7 Å². The van der Waals surface area contributed by atoms with Gasteiger partial charge in [0.25, 0.3) is 0 Å². The Balaban J connectivity index is 1.95. The van der Waals surface area contributed by atoms with Gasteiger partial charge in [0.05, 0.1) is 0 Å². The lowest BCUT2D eigenvalue weighted by Gasteiger charge is -2.34. The fraction of sp³-hybridized carbons (Fsp3) is 0.647. The number of halogens is 1. The van der Waals surface area contributed by atoms with Gasteiger partial charge in [0.15, 0.2) is 0 Å². The van der Waals surface area contributed by atoms with E-state index in [2.05, 4.69) is 24.2 Å². The van der Waals surface area contributed by atoms with Crippen molar-refractivity contribution in [2.24, 2.45) is 5.41 Å². The molecule has 0 heterocycles. The number of nitrogens with zero attached hydrogens (tertiary/aromatic N) is 1. The summed E-state index contributed by atoms with van der Waals surface area (Å²) in [5.41, 5.74) is 1.18. The second kappa shape index (κ2) is 7.19. The molecule has 1 saturated carbocycles. The molecule has 0 spiro atoms. The van der Waals surface area contributed by atoms with Gasteiger partial charge in [-0.1, -0.05) is 38.0 Å². The first kappa shape index (κ1) is 15.5. The first-order valence-corrected chi connectivity index (χ1v) is 7.78. The van der Waals surface area contributed by atoms with Crippen LogP contribution in [-0.2, 0) is 6.54 Å². The highest BCUT2D eigenvalue weighted by molar-refractivity contribution is 5.17. The van der Waals surface area contributed by atoms with Gasteiger partial charge in [0, 0.05) is 25.2 Å². The van der Waals surface area contributed by atoms with E-state index in [1.807, 2.05) is 12.1 Å². The van der Waals surface area contributed by atoms with E-state index in [0.29, 0.717) is 12.0 Å². The predicted molar refractivity (Wildman–Crippen MR) is 82.2 cm³/mol. The van der Waals surface area contributed by atoms with Crippen molar-refractivity contribution < 1.29 is 4.39 Å². The maximum absolute atomic E-state index is 13.7. The van der Waals surface area contributed by atoms with Crippen LogP contribution < -0.4 is 5.32 Å². The molecule has 1 aliphatic rings. The van der Waals surface area contributed by atoms with Crippen LogP contribution in [0, 0.1) is 11.2 Å². The highest BCUT2D eigenvalue weighted by atomic mass is 19.1. The van der Waals surface area contributed by atoms with Crippen molar-refractivity contribution in [3.63, 3.8) is 0 Å². The Morgan fingerprint density at radius 1 is 1.25 bits per heavy atom. The Kier molecular flexibility index (Phi) is 5.55. The third-order valence-corrected chi connectivity index (χ3v) is 4.42. The molecular weight excluding hydrogens is 251 g/mol. The Bertz CT molecular complexity index is 413. The summed E-state index contributed by atoms with van der Waals surface area (Å²) in [4.78, 5) is 2.28. The molecule has 112 valence electrons. The van der Waals surface area contributed by atoms with Crippen LogP contribution >= 0.6 is 0 Å². The first-order chi connectivity index (χ1) is 9.65. The van der Waals surface area contributed by atoms with E-state index in [1.165, 1.54) is 25.7 Å². The SMILES string of the molecule is CCNCC1(CN(C)Cc2ccccc2F)CCCC1. The van der Waals surface area contributed by atoms with Gasteiger partial charge in [0.1, 0.15) is 5.82 Å². The van der Waals surface area contributed by atoms with Gasteiger partial charge in [-0.25, -0.2) is 4.39 Å². The van der Waals surface area contributed by atoms with Crippen LogP contribution in [0.4, 0.5) is 4.39 Å². The largest absolute Gasteiger partial charge is 0.316 e. The minimum absolute atomic E-state index is 0.0912. The lowest BCUT2D eigenvalue weighted by atomic mass is 9.85. The summed E-state index contributed by atoms with van der Waals surface area (Å²) < 4.78 is 13.7. The highest BCUT2D eigenvalue weighted by Gasteiger charge is 2.34. The zero-order chi connectivity index (χ0) is 14.4. The van der Waals surface area contributed by atoms with Crippen molar-refractivity contribution in [2.45, 2.75) is 39.2 Å². The Labute approximate surface area is 122 Å². The Hall–Kier alpha value is -0.930. The van der Waals surface area contributed by atoms with E-state index in [4.69, 9.17) is 0 Å². The average Bonchev–Trinajstić information content (AvgIpc) is 2.88. The maximum Gasteiger partial charge on any atom is 0.127 e. The fourth-order valence-corrected chi connectivity index (χ4v) is 3.45. The van der Waals surface area contributed by atoms with Crippen molar-refractivity contribution in [3.05, 3.63) is 35.6 Å². The number of nitrogens with one attached hydrogen (secondary N) is 1. The zero-order valence-electron chi connectivity index (χ0n) is 12.8. The summed E-state index contributed by atoms with van der Waals surface area (Å²) in [5.74, 6) is -0.0912. The smallest absolute Gasteiger partial charge is 0.127 e. The Morgan fingerprint density at radius 2 is 1.95 bits per heavy atom. The average molecular weight is 278 g/mol. The molecule has 1 aromatic carbocycles. The van der Waals surface area contributed by atoms with Crippen LogP contribution in [0.2, 0.25) is 0 Å². The summed E-state index contributed by atoms with van der Waals surface area (Å²) in [6, 6.07) is 7.10. The summed E-state index contributed by atoms with van der Waals surface area (Å²) in [6.07, 6.45) is 5.25. The van der Waals surface area contributed by atoms with Gasteiger partial charge in [0.2, 0.25) is 0 Å². The van der Waals surface area contributed by atoms with Crippen molar-refractivity contribution in [3.8, 4) is 0 Å². The number of benzene rings is 1. The molecule has 20 heavy (non-hydrogen) atoms. The zero-order valence-corrected chi connectivity index (χ0v) is 12.8. The molecule has 0 aliphatic heterocycles. The van der Waals surface area contributed by atoms with Gasteiger partial charge in [-0.05, 0) is 37.9 Å². The first-order valence-electron chi connectivity index (χ1n) is 7.78. The molecule has 0 amide bonds. The van der Waals surface area contributed by atoms with Gasteiger partial charge < -0.3 is 10.2 Å². The van der Waals surface area contributed by atoms with Gasteiger partial charge in [-0.3, -0.25) is 0 Å². The van der Waals surface area contributed by atoms with Gasteiger partial charge in [-0.15, -0.1) is 0 Å². The summed E-state index contributed by atoms with van der Waals surface area (Å²) in [6.45, 7) is 6.02. The molecule has 0 unspecified atom stereocenters. The second-order valence-corrected chi connectivity index (χ2v) is 6.25. The summed E-state index contributed by atoms with van der Waals surface area (Å²) in [7, 11) is 2.11. The lowest BCUT2D eigenvalue weighted by Crippen LogP contribution is -2.41. The van der Waals surface area contributed by atoms with Crippen molar-refractivity contribution >= 4 is 0 Å². The minimum atomic E-state index is -0.0912. The summed E-state index contributed by atoms with van der Waals surface area (Å²) >= 11 is 0.